The molecule has 0 N–H and O–H groups in total. The zero-order valence-electron chi connectivity index (χ0n) is 17.5. The van der Waals surface area contributed by atoms with Crippen LogP contribution in [0.3, 0.4) is 0 Å². The third kappa shape index (κ3) is 5.87. The summed E-state index contributed by atoms with van der Waals surface area (Å²) in [6.07, 6.45) is 1.25. The number of benzene rings is 2. The number of carbonyl (C=O) groups excluding carboxylic acids is 1. The fraction of sp³-hybridized carbons (Fsp3) is 0.435. The van der Waals surface area contributed by atoms with Crippen LogP contribution in [-0.2, 0) is 4.79 Å². The van der Waals surface area contributed by atoms with Crippen LogP contribution < -0.4 is 9.47 Å². The molecule has 0 bridgehead atoms. The number of hydrogen-bond acceptors (Lipinski definition) is 4. The van der Waals surface area contributed by atoms with Gasteiger partial charge in [-0.3, -0.25) is 4.79 Å². The molecule has 0 radical (unpaired) electrons. The average Bonchev–Trinajstić information content (AvgIpc) is 2.75. The lowest BCUT2D eigenvalue weighted by Gasteiger charge is -2.33. The number of rotatable bonds is 7. The van der Waals surface area contributed by atoms with Gasteiger partial charge in [-0.2, -0.15) is 0 Å². The highest BCUT2D eigenvalue weighted by Crippen LogP contribution is 2.37. The fourth-order valence-electron chi connectivity index (χ4n) is 3.78. The summed E-state index contributed by atoms with van der Waals surface area (Å²) in [5, 5.41) is 0. The molecular weight excluding hydrogens is 388 g/mol. The van der Waals surface area contributed by atoms with Gasteiger partial charge in [0.15, 0.2) is 0 Å². The maximum Gasteiger partial charge on any atom is 0.222 e. The summed E-state index contributed by atoms with van der Waals surface area (Å²) in [5.41, 5.74) is 2.24. The monoisotopic (exact) mass is 418 g/mol. The number of hydrogen-bond donors (Lipinski definition) is 0. The molecule has 6 heteroatoms. The van der Waals surface area contributed by atoms with E-state index in [1.165, 1.54) is 5.56 Å². The molecule has 3 rings (SSSR count). The molecule has 5 nitrogen and oxygen atoms in total. The van der Waals surface area contributed by atoms with Crippen molar-refractivity contribution in [2.75, 3.05) is 47.4 Å². The molecule has 29 heavy (non-hydrogen) atoms. The van der Waals surface area contributed by atoms with Crippen molar-refractivity contribution < 1.29 is 14.3 Å². The highest BCUT2D eigenvalue weighted by molar-refractivity contribution is 5.85. The Bertz CT molecular complexity index is 777. The number of piperazine rings is 1. The Balaban J connectivity index is 0.00000300. The van der Waals surface area contributed by atoms with Crippen LogP contribution in [0.4, 0.5) is 0 Å². The Labute approximate surface area is 180 Å². The summed E-state index contributed by atoms with van der Waals surface area (Å²) in [7, 11) is 5.45. The van der Waals surface area contributed by atoms with E-state index in [1.807, 2.05) is 41.3 Å². The standard InChI is InChI=1S/C23H30N2O3.ClH/c1-24-13-15-25(16-14-24)23(26)12-10-20(18-7-5-4-6-8-18)21-17-19(27-2)9-11-22(21)28-3;/h4-9,11,17,20H,10,12-16H2,1-3H3;1H. The van der Waals surface area contributed by atoms with Crippen molar-refractivity contribution in [3.63, 3.8) is 0 Å². The van der Waals surface area contributed by atoms with E-state index < -0.39 is 0 Å². The van der Waals surface area contributed by atoms with E-state index in [4.69, 9.17) is 9.47 Å². The maximum absolute atomic E-state index is 12.8. The van der Waals surface area contributed by atoms with Gasteiger partial charge in [0, 0.05) is 44.1 Å². The predicted octanol–water partition coefficient (Wildman–Crippen LogP) is 3.81. The molecule has 1 unspecified atom stereocenters. The Morgan fingerprint density at radius 1 is 1.00 bits per heavy atom. The van der Waals surface area contributed by atoms with E-state index >= 15 is 0 Å². The normalized spacial score (nSPS) is 15.3. The first-order valence-corrected chi connectivity index (χ1v) is 9.85. The van der Waals surface area contributed by atoms with Crippen LogP contribution >= 0.6 is 12.4 Å². The number of amides is 1. The van der Waals surface area contributed by atoms with Crippen LogP contribution in [0, 0.1) is 0 Å². The van der Waals surface area contributed by atoms with E-state index in [0.29, 0.717) is 6.42 Å². The minimum absolute atomic E-state index is 0. The molecule has 1 aliphatic heterocycles. The Hall–Kier alpha value is -2.24. The zero-order chi connectivity index (χ0) is 19.9. The summed E-state index contributed by atoms with van der Waals surface area (Å²) in [6, 6.07) is 16.2. The van der Waals surface area contributed by atoms with E-state index in [9.17, 15) is 4.79 Å². The zero-order valence-corrected chi connectivity index (χ0v) is 18.3. The third-order valence-electron chi connectivity index (χ3n) is 5.52. The highest BCUT2D eigenvalue weighted by Gasteiger charge is 2.23. The van der Waals surface area contributed by atoms with Gasteiger partial charge in [-0.15, -0.1) is 12.4 Å². The summed E-state index contributed by atoms with van der Waals surface area (Å²) < 4.78 is 11.1. The Morgan fingerprint density at radius 2 is 1.69 bits per heavy atom. The van der Waals surface area contributed by atoms with Crippen LogP contribution in [-0.4, -0.2) is 63.2 Å². The number of methoxy groups -OCH3 is 2. The molecule has 1 fully saturated rings. The number of nitrogens with zero attached hydrogens (tertiary/aromatic N) is 2. The molecule has 1 heterocycles. The van der Waals surface area contributed by atoms with E-state index in [-0.39, 0.29) is 24.2 Å². The molecule has 158 valence electrons. The highest BCUT2D eigenvalue weighted by atomic mass is 35.5. The summed E-state index contributed by atoms with van der Waals surface area (Å²) in [6.45, 7) is 3.51. The SMILES string of the molecule is COc1ccc(OC)c(C(CCC(=O)N2CCN(C)CC2)c2ccccc2)c1.Cl. The van der Waals surface area contributed by atoms with Gasteiger partial charge in [-0.25, -0.2) is 0 Å². The van der Waals surface area contributed by atoms with Gasteiger partial charge in [0.2, 0.25) is 5.91 Å². The summed E-state index contributed by atoms with van der Waals surface area (Å²) in [5.74, 6) is 1.92. The lowest BCUT2D eigenvalue weighted by atomic mass is 9.86. The van der Waals surface area contributed by atoms with Gasteiger partial charge in [0.05, 0.1) is 14.2 Å². The molecule has 0 aliphatic carbocycles. The Kier molecular flexibility index (Phi) is 8.80. The van der Waals surface area contributed by atoms with Crippen LogP contribution in [0.5, 0.6) is 11.5 Å². The van der Waals surface area contributed by atoms with Gasteiger partial charge < -0.3 is 19.3 Å². The van der Waals surface area contributed by atoms with Gasteiger partial charge in [-0.05, 0) is 37.2 Å². The van der Waals surface area contributed by atoms with Crippen LogP contribution in [0.15, 0.2) is 48.5 Å². The Morgan fingerprint density at radius 3 is 2.31 bits per heavy atom. The van der Waals surface area contributed by atoms with Crippen LogP contribution in [0.25, 0.3) is 0 Å². The van der Waals surface area contributed by atoms with Crippen molar-refractivity contribution in [1.82, 2.24) is 9.80 Å². The number of halogens is 1. The van der Waals surface area contributed by atoms with Crippen molar-refractivity contribution in [3.05, 3.63) is 59.7 Å². The van der Waals surface area contributed by atoms with Gasteiger partial charge >= 0.3 is 0 Å². The van der Waals surface area contributed by atoms with Gasteiger partial charge in [0.25, 0.3) is 0 Å². The number of likely N-dealkylation sites (N-methyl/N-ethyl adjacent to an activating group) is 1. The molecule has 1 saturated heterocycles. The molecule has 2 aromatic carbocycles. The van der Waals surface area contributed by atoms with E-state index in [1.54, 1.807) is 14.2 Å². The van der Waals surface area contributed by atoms with E-state index in [2.05, 4.69) is 24.1 Å². The minimum atomic E-state index is 0. The summed E-state index contributed by atoms with van der Waals surface area (Å²) in [4.78, 5) is 17.1. The van der Waals surface area contributed by atoms with Crippen molar-refractivity contribution in [2.45, 2.75) is 18.8 Å². The summed E-state index contributed by atoms with van der Waals surface area (Å²) >= 11 is 0. The van der Waals surface area contributed by atoms with E-state index in [0.717, 1.165) is 49.7 Å². The first-order chi connectivity index (χ1) is 13.6. The molecule has 2 aromatic rings. The molecule has 1 aliphatic rings. The van der Waals surface area contributed by atoms with Crippen molar-refractivity contribution in [2.24, 2.45) is 0 Å². The topological polar surface area (TPSA) is 42.0 Å². The lowest BCUT2D eigenvalue weighted by molar-refractivity contribution is -0.132. The largest absolute Gasteiger partial charge is 0.497 e. The molecule has 0 aromatic heterocycles. The molecule has 1 atom stereocenters. The van der Waals surface area contributed by atoms with Crippen LogP contribution in [0.2, 0.25) is 0 Å². The fourth-order valence-corrected chi connectivity index (χ4v) is 3.78. The molecule has 0 saturated carbocycles. The first kappa shape index (κ1) is 23.0. The number of carbonyl (C=O) groups is 1. The predicted molar refractivity (Wildman–Crippen MR) is 118 cm³/mol. The van der Waals surface area contributed by atoms with Crippen molar-refractivity contribution in [3.8, 4) is 11.5 Å². The maximum atomic E-state index is 12.8. The lowest BCUT2D eigenvalue weighted by Crippen LogP contribution is -2.47. The minimum Gasteiger partial charge on any atom is -0.497 e. The smallest absolute Gasteiger partial charge is 0.222 e. The van der Waals surface area contributed by atoms with Crippen molar-refractivity contribution >= 4 is 18.3 Å². The van der Waals surface area contributed by atoms with Crippen LogP contribution in [0.1, 0.15) is 29.9 Å². The van der Waals surface area contributed by atoms with Crippen molar-refractivity contribution in [1.29, 1.82) is 0 Å². The second kappa shape index (κ2) is 11.1. The van der Waals surface area contributed by atoms with Gasteiger partial charge in [-0.1, -0.05) is 30.3 Å². The molecular formula is C23H31ClN2O3. The average molecular weight is 419 g/mol. The van der Waals surface area contributed by atoms with Gasteiger partial charge in [0.1, 0.15) is 11.5 Å². The second-order valence-corrected chi connectivity index (χ2v) is 7.29. The first-order valence-electron chi connectivity index (χ1n) is 9.85. The molecule has 1 amide bonds. The third-order valence-corrected chi connectivity index (χ3v) is 5.52. The number of ether oxygens (including phenoxy) is 2. The quantitative estimate of drug-likeness (QED) is 0.685. The molecule has 0 spiro atoms. The second-order valence-electron chi connectivity index (χ2n) is 7.29.